The number of benzene rings is 1. The number of Topliss-reactive ketones (excluding diaryl/α,β-unsaturated/α-hetero) is 1. The number of halogens is 2. The van der Waals surface area contributed by atoms with Crippen LogP contribution in [0.15, 0.2) is 60.9 Å². The molecule has 2 aromatic rings. The predicted octanol–water partition coefficient (Wildman–Crippen LogP) is 10.9. The van der Waals surface area contributed by atoms with Crippen LogP contribution in [0.3, 0.4) is 0 Å². The Labute approximate surface area is 285 Å². The minimum Gasteiger partial charge on any atom is -0.359 e. The summed E-state index contributed by atoms with van der Waals surface area (Å²) in [6.45, 7) is 21.5. The summed E-state index contributed by atoms with van der Waals surface area (Å²) < 4.78 is 19.3. The Hall–Kier alpha value is -2.57. The van der Waals surface area contributed by atoms with Crippen LogP contribution in [-0.4, -0.2) is 40.8 Å². The number of rotatable bonds is 10. The maximum atomic E-state index is 13.2. The predicted molar refractivity (Wildman–Crippen MR) is 192 cm³/mol. The van der Waals surface area contributed by atoms with E-state index in [-0.39, 0.29) is 41.0 Å². The summed E-state index contributed by atoms with van der Waals surface area (Å²) in [6.07, 6.45) is 15.8. The number of hydrogen-bond donors (Lipinski definition) is 0. The number of piperidine rings is 1. The van der Waals surface area contributed by atoms with Crippen LogP contribution in [0.25, 0.3) is 0 Å². The highest BCUT2D eigenvalue weighted by Gasteiger charge is 2.64. The second kappa shape index (κ2) is 24.6. The number of ether oxygens (including phenoxy) is 1. The van der Waals surface area contributed by atoms with Crippen LogP contribution in [0.2, 0.25) is 5.02 Å². The molecule has 3 heterocycles. The van der Waals surface area contributed by atoms with Crippen molar-refractivity contribution in [2.24, 2.45) is 17.8 Å². The Morgan fingerprint density at radius 3 is 2.13 bits per heavy atom. The van der Waals surface area contributed by atoms with Gasteiger partial charge in [0.25, 0.3) is 0 Å². The van der Waals surface area contributed by atoms with Crippen LogP contribution in [0.1, 0.15) is 120 Å². The van der Waals surface area contributed by atoms with E-state index in [1.54, 1.807) is 24.5 Å². The summed E-state index contributed by atoms with van der Waals surface area (Å²) in [5.41, 5.74) is 0.710. The molecule has 0 spiro atoms. The van der Waals surface area contributed by atoms with E-state index in [0.717, 1.165) is 43.7 Å². The van der Waals surface area contributed by atoms with Crippen molar-refractivity contribution in [2.45, 2.75) is 126 Å². The van der Waals surface area contributed by atoms with Crippen molar-refractivity contribution >= 4 is 23.3 Å². The van der Waals surface area contributed by atoms with Crippen molar-refractivity contribution in [2.75, 3.05) is 13.1 Å². The van der Waals surface area contributed by atoms with Gasteiger partial charge in [0.05, 0.1) is 11.6 Å². The lowest BCUT2D eigenvalue weighted by molar-refractivity contribution is -0.137. The molecule has 0 saturated carbocycles. The average Bonchev–Trinajstić information content (AvgIpc) is 3.79. The Balaban J connectivity index is 0.000000752. The van der Waals surface area contributed by atoms with Crippen molar-refractivity contribution in [3.05, 3.63) is 77.3 Å². The number of carbonyl (C=O) groups excluding carboxylic acids is 2. The summed E-state index contributed by atoms with van der Waals surface area (Å²) in [5.74, 6) is 1.36. The molecular weight excluding hydrogens is 599 g/mol. The second-order valence-electron chi connectivity index (χ2n) is 12.0. The molecule has 260 valence electrons. The van der Waals surface area contributed by atoms with E-state index in [0.29, 0.717) is 11.6 Å². The number of pyridine rings is 1. The lowest BCUT2D eigenvalue weighted by atomic mass is 9.80. The van der Waals surface area contributed by atoms with Crippen molar-refractivity contribution in [3.8, 4) is 0 Å². The van der Waals surface area contributed by atoms with E-state index in [9.17, 15) is 14.0 Å². The summed E-state index contributed by atoms with van der Waals surface area (Å²) in [5, 5.41) is 0.683. The van der Waals surface area contributed by atoms with E-state index in [1.807, 2.05) is 30.9 Å². The Kier molecular flexibility index (Phi) is 23.2. The van der Waals surface area contributed by atoms with Crippen molar-refractivity contribution in [1.82, 2.24) is 9.88 Å². The molecule has 2 aliphatic rings. The minimum absolute atomic E-state index is 0.0411. The van der Waals surface area contributed by atoms with Gasteiger partial charge in [0.2, 0.25) is 5.91 Å². The van der Waals surface area contributed by atoms with Crippen LogP contribution < -0.4 is 0 Å². The molecule has 4 rings (SSSR count). The van der Waals surface area contributed by atoms with Gasteiger partial charge in [-0.1, -0.05) is 111 Å². The molecule has 2 fully saturated rings. The van der Waals surface area contributed by atoms with Gasteiger partial charge in [-0.05, 0) is 75.3 Å². The maximum Gasteiger partial charge on any atom is 0.225 e. The zero-order valence-electron chi connectivity index (χ0n) is 30.3. The van der Waals surface area contributed by atoms with Crippen LogP contribution in [-0.2, 0) is 19.9 Å². The number of allylic oxidation sites excluding steroid dienone is 2. The summed E-state index contributed by atoms with van der Waals surface area (Å²) in [4.78, 5) is 28.0. The van der Waals surface area contributed by atoms with Gasteiger partial charge >= 0.3 is 0 Å². The van der Waals surface area contributed by atoms with Gasteiger partial charge in [-0.3, -0.25) is 9.78 Å². The van der Waals surface area contributed by atoms with Crippen molar-refractivity contribution in [3.63, 3.8) is 0 Å². The average molecular weight is 661 g/mol. The smallest absolute Gasteiger partial charge is 0.225 e. The summed E-state index contributed by atoms with van der Waals surface area (Å²) in [6, 6.07) is 10.2. The fourth-order valence-electron chi connectivity index (χ4n) is 5.45. The fraction of sp³-hybridized carbons (Fsp3) is 0.615. The zero-order valence-corrected chi connectivity index (χ0v) is 31.1. The number of aromatic nitrogens is 1. The molecule has 5 atom stereocenters. The molecule has 1 amide bonds. The monoisotopic (exact) mass is 660 g/mol. The molecule has 1 aromatic heterocycles. The number of ketones is 1. The third kappa shape index (κ3) is 15.8. The van der Waals surface area contributed by atoms with Crippen LogP contribution in [0, 0.1) is 23.6 Å². The molecule has 0 bridgehead atoms. The molecule has 1 aromatic carbocycles. The summed E-state index contributed by atoms with van der Waals surface area (Å²) >= 11 is 5.48. The van der Waals surface area contributed by atoms with Crippen LogP contribution >= 0.6 is 11.6 Å². The largest absolute Gasteiger partial charge is 0.359 e. The molecule has 46 heavy (non-hydrogen) atoms. The Morgan fingerprint density at radius 1 is 1.07 bits per heavy atom. The van der Waals surface area contributed by atoms with Crippen LogP contribution in [0.5, 0.6) is 0 Å². The van der Waals surface area contributed by atoms with Crippen molar-refractivity contribution < 1.29 is 18.7 Å². The molecule has 7 heteroatoms. The summed E-state index contributed by atoms with van der Waals surface area (Å²) in [7, 11) is 0. The van der Waals surface area contributed by atoms with E-state index in [2.05, 4.69) is 58.7 Å². The molecule has 0 radical (unpaired) electrons. The Bertz CT molecular complexity index is 1110. The highest BCUT2D eigenvalue weighted by Crippen LogP contribution is 2.55. The fourth-order valence-corrected chi connectivity index (χ4v) is 5.58. The van der Waals surface area contributed by atoms with Gasteiger partial charge in [0.1, 0.15) is 23.3 Å². The number of carbonyl (C=O) groups is 2. The molecule has 2 aliphatic heterocycles. The number of epoxide rings is 1. The standard InChI is InChI=1S/C20H28FNO2.C9H18.C5H4ClN.C3H6O.C2H6/c1-4-6-7-15(5-2)19(23)22-12-14(3)20(18(13-22)24-20)16-8-10-17(21)11-9-16;1-4-6-8-9(3)7-5-2;6-5-2-1-3-7-4-5;1-3(2)4;1-2/h8-11,14-15,18H,4-7,12-13H2,1-3H3;6,8-9H,4-5,7H2,1-3H3;1-4H;1-2H3;1-2H3/b;8-6-;;;. The number of likely N-dealkylation sites (tertiary alicyclic amines) is 1. The van der Waals surface area contributed by atoms with Crippen molar-refractivity contribution in [1.29, 1.82) is 0 Å². The topological polar surface area (TPSA) is 62.8 Å². The van der Waals surface area contributed by atoms with E-state index >= 15 is 0 Å². The SMILES string of the molecule is CC.CC(C)=O.CC/C=C\C(C)CCC.CCCCC(CC)C(=O)N1CC(C)C2(c3ccc(F)cc3)OC2C1.Clc1cccnc1. The lowest BCUT2D eigenvalue weighted by Crippen LogP contribution is -2.48. The quantitative estimate of drug-likeness (QED) is 0.188. The lowest BCUT2D eigenvalue weighted by Gasteiger charge is -2.35. The van der Waals surface area contributed by atoms with Crippen LogP contribution in [0.4, 0.5) is 4.39 Å². The molecule has 2 saturated heterocycles. The molecular formula is C39H62ClFN2O3. The van der Waals surface area contributed by atoms with Gasteiger partial charge in [0.15, 0.2) is 0 Å². The number of unbranched alkanes of at least 4 members (excludes halogenated alkanes) is 1. The van der Waals surface area contributed by atoms with Gasteiger partial charge in [0, 0.05) is 30.8 Å². The van der Waals surface area contributed by atoms with Gasteiger partial charge < -0.3 is 14.4 Å². The van der Waals surface area contributed by atoms with E-state index < -0.39 is 0 Å². The molecule has 5 unspecified atom stereocenters. The van der Waals surface area contributed by atoms with Gasteiger partial charge in [-0.15, -0.1) is 0 Å². The second-order valence-corrected chi connectivity index (χ2v) is 12.4. The first-order valence-electron chi connectivity index (χ1n) is 17.4. The number of fused-ring (bicyclic) bond motifs is 1. The highest BCUT2D eigenvalue weighted by molar-refractivity contribution is 6.30. The number of amides is 1. The number of nitrogens with zero attached hydrogens (tertiary/aromatic N) is 2. The minimum atomic E-state index is -0.324. The highest BCUT2D eigenvalue weighted by atomic mass is 35.5. The van der Waals surface area contributed by atoms with Gasteiger partial charge in [-0.2, -0.15) is 0 Å². The third-order valence-electron chi connectivity index (χ3n) is 7.80. The zero-order chi connectivity index (χ0) is 35.1. The Morgan fingerprint density at radius 2 is 1.70 bits per heavy atom. The molecule has 0 N–H and O–H groups in total. The van der Waals surface area contributed by atoms with Gasteiger partial charge in [-0.25, -0.2) is 4.39 Å². The first-order valence-corrected chi connectivity index (χ1v) is 17.8. The normalized spacial score (nSPS) is 20.5. The first kappa shape index (κ1) is 43.4. The van der Waals surface area contributed by atoms with E-state index in [4.69, 9.17) is 16.3 Å². The maximum absolute atomic E-state index is 13.2. The third-order valence-corrected chi connectivity index (χ3v) is 8.02. The molecule has 0 aliphatic carbocycles. The molecule has 5 nitrogen and oxygen atoms in total. The number of hydrogen-bond acceptors (Lipinski definition) is 4. The first-order chi connectivity index (χ1) is 22.0. The van der Waals surface area contributed by atoms with E-state index in [1.165, 1.54) is 45.2 Å².